The molecule has 0 radical (unpaired) electrons. The molecule has 0 saturated carbocycles. The van der Waals surface area contributed by atoms with Crippen molar-refractivity contribution in [3.05, 3.63) is 47.9 Å². The number of anilines is 1. The summed E-state index contributed by atoms with van der Waals surface area (Å²) in [6.07, 6.45) is 0. The average molecular weight is 280 g/mol. The Balaban J connectivity index is 1.94. The maximum Gasteiger partial charge on any atom is 0.293 e. The number of para-hydroxylation sites is 2. The molecule has 3 aromatic rings. The monoisotopic (exact) mass is 280 g/mol. The molecule has 6 heteroatoms. The van der Waals surface area contributed by atoms with Crippen LogP contribution >= 0.6 is 0 Å². The highest BCUT2D eigenvalue weighted by Crippen LogP contribution is 2.20. The molecule has 21 heavy (non-hydrogen) atoms. The number of aromatic nitrogens is 2. The molecule has 0 spiro atoms. The Morgan fingerprint density at radius 1 is 1.38 bits per heavy atom. The number of nitrogens with one attached hydrogen (secondary N) is 1. The molecule has 0 aliphatic carbocycles. The van der Waals surface area contributed by atoms with Crippen LogP contribution in [0.1, 0.15) is 23.2 Å². The molecule has 0 aliphatic heterocycles. The number of aryl methyl sites for hydroxylation is 1. The van der Waals surface area contributed by atoms with E-state index in [1.165, 1.54) is 12.1 Å². The van der Waals surface area contributed by atoms with Crippen LogP contribution in [-0.4, -0.2) is 15.5 Å². The molecule has 6 nitrogen and oxygen atoms in total. The number of hydrogen-bond acceptors (Lipinski definition) is 4. The molecular weight excluding hydrogens is 268 g/mol. The van der Waals surface area contributed by atoms with Gasteiger partial charge < -0.3 is 8.98 Å². The predicted octanol–water partition coefficient (Wildman–Crippen LogP) is 2.77. The van der Waals surface area contributed by atoms with Crippen LogP contribution in [-0.2, 0) is 6.54 Å². The van der Waals surface area contributed by atoms with Crippen LogP contribution in [0.2, 0.25) is 0 Å². The highest BCUT2D eigenvalue weighted by Gasteiger charge is 2.16. The van der Waals surface area contributed by atoms with Gasteiger partial charge in [0.2, 0.25) is 11.7 Å². The fourth-order valence-electron chi connectivity index (χ4n) is 2.17. The Morgan fingerprint density at radius 3 is 2.90 bits per heavy atom. The SMILES string of the molecule is CCn1c(NC(=O)c2ccc(C#N)o2)nc2ccccc21. The number of nitriles is 1. The first-order chi connectivity index (χ1) is 10.2. The lowest BCUT2D eigenvalue weighted by Gasteiger charge is -2.06. The number of carbonyl (C=O) groups is 1. The van der Waals surface area contributed by atoms with Gasteiger partial charge in [-0.25, -0.2) is 4.98 Å². The maximum absolute atomic E-state index is 12.1. The van der Waals surface area contributed by atoms with E-state index in [1.807, 2.05) is 41.8 Å². The summed E-state index contributed by atoms with van der Waals surface area (Å²) in [4.78, 5) is 16.5. The van der Waals surface area contributed by atoms with Gasteiger partial charge in [-0.3, -0.25) is 10.1 Å². The lowest BCUT2D eigenvalue weighted by atomic mass is 10.3. The van der Waals surface area contributed by atoms with E-state index >= 15 is 0 Å². The molecule has 2 aromatic heterocycles. The average Bonchev–Trinajstić information content (AvgIpc) is 3.11. The predicted molar refractivity (Wildman–Crippen MR) is 76.8 cm³/mol. The Labute approximate surface area is 120 Å². The van der Waals surface area contributed by atoms with E-state index in [0.717, 1.165) is 11.0 Å². The number of fused-ring (bicyclic) bond motifs is 1. The number of rotatable bonds is 3. The van der Waals surface area contributed by atoms with E-state index in [-0.39, 0.29) is 11.5 Å². The van der Waals surface area contributed by atoms with E-state index in [1.54, 1.807) is 0 Å². The minimum Gasteiger partial charge on any atom is -0.440 e. The Bertz CT molecular complexity index is 854. The topological polar surface area (TPSA) is 83.9 Å². The molecule has 0 saturated heterocycles. The van der Waals surface area contributed by atoms with Crippen LogP contribution in [0.3, 0.4) is 0 Å². The smallest absolute Gasteiger partial charge is 0.293 e. The van der Waals surface area contributed by atoms with Crippen LogP contribution in [0.15, 0.2) is 40.8 Å². The molecule has 0 unspecified atom stereocenters. The molecule has 1 aromatic carbocycles. The zero-order chi connectivity index (χ0) is 14.8. The van der Waals surface area contributed by atoms with Crippen LogP contribution in [0.25, 0.3) is 11.0 Å². The van der Waals surface area contributed by atoms with Crippen molar-refractivity contribution in [3.63, 3.8) is 0 Å². The Hall–Kier alpha value is -3.07. The van der Waals surface area contributed by atoms with Gasteiger partial charge in [-0.15, -0.1) is 0 Å². The number of nitrogens with zero attached hydrogens (tertiary/aromatic N) is 3. The Kier molecular flexibility index (Phi) is 3.16. The largest absolute Gasteiger partial charge is 0.440 e. The number of hydrogen-bond donors (Lipinski definition) is 1. The number of benzene rings is 1. The van der Waals surface area contributed by atoms with E-state index in [9.17, 15) is 4.79 Å². The van der Waals surface area contributed by atoms with Crippen molar-refractivity contribution < 1.29 is 9.21 Å². The third kappa shape index (κ3) is 2.25. The first-order valence-electron chi connectivity index (χ1n) is 6.49. The van der Waals surface area contributed by atoms with Crippen molar-refractivity contribution in [2.24, 2.45) is 0 Å². The van der Waals surface area contributed by atoms with Gasteiger partial charge in [0.25, 0.3) is 5.91 Å². The molecule has 1 N–H and O–H groups in total. The summed E-state index contributed by atoms with van der Waals surface area (Å²) in [5.41, 5.74) is 1.76. The summed E-state index contributed by atoms with van der Waals surface area (Å²) < 4.78 is 7.01. The third-order valence-electron chi connectivity index (χ3n) is 3.14. The standard InChI is InChI=1S/C15H12N4O2/c1-2-19-12-6-4-3-5-11(12)17-15(19)18-14(20)13-8-7-10(9-16)21-13/h3-8H,2H2,1H3,(H,17,18,20). The lowest BCUT2D eigenvalue weighted by molar-refractivity contribution is 0.0995. The summed E-state index contributed by atoms with van der Waals surface area (Å²) in [6, 6.07) is 12.4. The summed E-state index contributed by atoms with van der Waals surface area (Å²) in [7, 11) is 0. The molecule has 2 heterocycles. The fraction of sp³-hybridized carbons (Fsp3) is 0.133. The first-order valence-corrected chi connectivity index (χ1v) is 6.49. The van der Waals surface area contributed by atoms with Crippen LogP contribution in [0.5, 0.6) is 0 Å². The molecule has 0 fully saturated rings. The number of imidazole rings is 1. The van der Waals surface area contributed by atoms with E-state index in [0.29, 0.717) is 12.5 Å². The minimum absolute atomic E-state index is 0.0845. The highest BCUT2D eigenvalue weighted by atomic mass is 16.3. The number of carbonyl (C=O) groups excluding carboxylic acids is 1. The van der Waals surface area contributed by atoms with Crippen LogP contribution in [0, 0.1) is 11.3 Å². The van der Waals surface area contributed by atoms with Gasteiger partial charge in [-0.2, -0.15) is 5.26 Å². The third-order valence-corrected chi connectivity index (χ3v) is 3.14. The second kappa shape index (κ2) is 5.13. The van der Waals surface area contributed by atoms with Crippen LogP contribution in [0.4, 0.5) is 5.95 Å². The maximum atomic E-state index is 12.1. The number of amides is 1. The van der Waals surface area contributed by atoms with Crippen molar-refractivity contribution in [1.82, 2.24) is 9.55 Å². The van der Waals surface area contributed by atoms with E-state index in [2.05, 4.69) is 10.3 Å². The van der Waals surface area contributed by atoms with Gasteiger partial charge in [-0.05, 0) is 31.2 Å². The van der Waals surface area contributed by atoms with Gasteiger partial charge in [-0.1, -0.05) is 12.1 Å². The molecule has 104 valence electrons. The quantitative estimate of drug-likeness (QED) is 0.799. The van der Waals surface area contributed by atoms with Crippen molar-refractivity contribution in [2.45, 2.75) is 13.5 Å². The minimum atomic E-state index is -0.429. The molecule has 0 aliphatic rings. The molecule has 0 bridgehead atoms. The molecular formula is C15H12N4O2. The summed E-state index contributed by atoms with van der Waals surface area (Å²) in [6.45, 7) is 2.65. The lowest BCUT2D eigenvalue weighted by Crippen LogP contribution is -2.15. The second-order valence-corrected chi connectivity index (χ2v) is 4.40. The molecule has 1 amide bonds. The summed E-state index contributed by atoms with van der Waals surface area (Å²) >= 11 is 0. The van der Waals surface area contributed by atoms with Crippen molar-refractivity contribution in [2.75, 3.05) is 5.32 Å². The Morgan fingerprint density at radius 2 is 2.19 bits per heavy atom. The molecule has 0 atom stereocenters. The second-order valence-electron chi connectivity index (χ2n) is 4.40. The first kappa shape index (κ1) is 12.9. The van der Waals surface area contributed by atoms with E-state index < -0.39 is 5.91 Å². The zero-order valence-corrected chi connectivity index (χ0v) is 11.3. The van der Waals surface area contributed by atoms with Gasteiger partial charge >= 0.3 is 0 Å². The van der Waals surface area contributed by atoms with Gasteiger partial charge in [0.15, 0.2) is 5.76 Å². The van der Waals surface area contributed by atoms with Gasteiger partial charge in [0.1, 0.15) is 6.07 Å². The van der Waals surface area contributed by atoms with Crippen molar-refractivity contribution >= 4 is 22.9 Å². The zero-order valence-electron chi connectivity index (χ0n) is 11.3. The summed E-state index contributed by atoms with van der Waals surface area (Å²) in [5.74, 6) is 0.213. The van der Waals surface area contributed by atoms with E-state index in [4.69, 9.17) is 9.68 Å². The van der Waals surface area contributed by atoms with Gasteiger partial charge in [0.05, 0.1) is 11.0 Å². The van der Waals surface area contributed by atoms with Gasteiger partial charge in [0, 0.05) is 6.54 Å². The molecule has 3 rings (SSSR count). The number of furan rings is 1. The highest BCUT2D eigenvalue weighted by molar-refractivity contribution is 6.02. The van der Waals surface area contributed by atoms with Crippen LogP contribution < -0.4 is 5.32 Å². The fourth-order valence-corrected chi connectivity index (χ4v) is 2.17. The normalized spacial score (nSPS) is 10.5. The summed E-state index contributed by atoms with van der Waals surface area (Å²) in [5, 5.41) is 11.4. The van der Waals surface area contributed by atoms with Crippen molar-refractivity contribution in [3.8, 4) is 6.07 Å². The van der Waals surface area contributed by atoms with Crippen molar-refractivity contribution in [1.29, 1.82) is 5.26 Å².